The molecule has 0 N–H and O–H groups in total. The van der Waals surface area contributed by atoms with Crippen LogP contribution in [0.3, 0.4) is 0 Å². The molecule has 2 aliphatic rings. The molecule has 22 heavy (non-hydrogen) atoms. The predicted molar refractivity (Wildman–Crippen MR) is 76.1 cm³/mol. The number of rotatable bonds is 5. The lowest BCUT2D eigenvalue weighted by atomic mass is 10.1. The van der Waals surface area contributed by atoms with Crippen LogP contribution in [0, 0.1) is 0 Å². The molecule has 1 amide bonds. The van der Waals surface area contributed by atoms with Gasteiger partial charge in [0.05, 0.1) is 18.8 Å². The monoisotopic (exact) mass is 310 g/mol. The first-order chi connectivity index (χ1) is 10.7. The largest absolute Gasteiger partial charge is 0.373 e. The number of nitrogens with zero attached hydrogens (tertiary/aromatic N) is 4. The van der Waals surface area contributed by atoms with Gasteiger partial charge in [0.2, 0.25) is 5.91 Å². The van der Waals surface area contributed by atoms with Crippen LogP contribution in [0.2, 0.25) is 0 Å². The van der Waals surface area contributed by atoms with Crippen LogP contribution in [0.5, 0.6) is 0 Å². The highest BCUT2D eigenvalue weighted by Gasteiger charge is 2.40. The van der Waals surface area contributed by atoms with Gasteiger partial charge in [-0.05, 0) is 7.05 Å². The van der Waals surface area contributed by atoms with Gasteiger partial charge in [-0.1, -0.05) is 12.1 Å². The van der Waals surface area contributed by atoms with E-state index in [1.54, 1.807) is 0 Å². The van der Waals surface area contributed by atoms with E-state index in [9.17, 15) is 4.79 Å². The summed E-state index contributed by atoms with van der Waals surface area (Å²) in [5, 5.41) is 3.78. The Kier molecular flexibility index (Phi) is 4.70. The van der Waals surface area contributed by atoms with E-state index >= 15 is 0 Å². The zero-order valence-electron chi connectivity index (χ0n) is 13.0. The normalized spacial score (nSPS) is 25.5. The molecule has 2 aliphatic heterocycles. The van der Waals surface area contributed by atoms with Crippen LogP contribution >= 0.6 is 0 Å². The average molecular weight is 310 g/mol. The first-order valence-corrected chi connectivity index (χ1v) is 7.66. The van der Waals surface area contributed by atoms with Crippen molar-refractivity contribution in [1.29, 1.82) is 0 Å². The van der Waals surface area contributed by atoms with Crippen molar-refractivity contribution in [1.82, 2.24) is 19.9 Å². The lowest BCUT2D eigenvalue weighted by molar-refractivity contribution is -0.136. The maximum Gasteiger partial charge on any atom is 0.252 e. The molecule has 3 heterocycles. The molecule has 0 aliphatic carbocycles. The molecular weight excluding hydrogens is 288 g/mol. The number of likely N-dealkylation sites (tertiary alicyclic amines) is 1. The second kappa shape index (κ2) is 6.72. The van der Waals surface area contributed by atoms with E-state index in [4.69, 9.17) is 14.0 Å². The molecule has 0 spiro atoms. The van der Waals surface area contributed by atoms with Gasteiger partial charge in [0.25, 0.3) is 5.89 Å². The minimum Gasteiger partial charge on any atom is -0.373 e. The van der Waals surface area contributed by atoms with E-state index < -0.39 is 0 Å². The van der Waals surface area contributed by atoms with Gasteiger partial charge in [0.15, 0.2) is 5.82 Å². The number of carbonyl (C=O) groups is 1. The van der Waals surface area contributed by atoms with Crippen LogP contribution in [0.4, 0.5) is 0 Å². The van der Waals surface area contributed by atoms with Crippen LogP contribution < -0.4 is 0 Å². The highest BCUT2D eigenvalue weighted by Crippen LogP contribution is 2.21. The predicted octanol–water partition coefficient (Wildman–Crippen LogP) is -0.310. The number of carbonyl (C=O) groups excluding carboxylic acids is 1. The summed E-state index contributed by atoms with van der Waals surface area (Å²) in [6, 6.07) is 0.292. The van der Waals surface area contributed by atoms with Gasteiger partial charge in [-0.15, -0.1) is 0 Å². The summed E-state index contributed by atoms with van der Waals surface area (Å²) < 4.78 is 16.1. The maximum absolute atomic E-state index is 12.2. The van der Waals surface area contributed by atoms with Crippen LogP contribution in [0.25, 0.3) is 0 Å². The molecule has 122 valence electrons. The molecule has 2 fully saturated rings. The van der Waals surface area contributed by atoms with E-state index in [-0.39, 0.29) is 25.2 Å². The number of hydrogen-bond donors (Lipinski definition) is 0. The Morgan fingerprint density at radius 2 is 2.32 bits per heavy atom. The van der Waals surface area contributed by atoms with Gasteiger partial charge in [0.1, 0.15) is 13.2 Å². The van der Waals surface area contributed by atoms with Crippen molar-refractivity contribution in [2.75, 3.05) is 39.9 Å². The van der Waals surface area contributed by atoms with Gasteiger partial charge < -0.3 is 18.9 Å². The molecule has 8 heteroatoms. The first kappa shape index (κ1) is 15.4. The van der Waals surface area contributed by atoms with Crippen molar-refractivity contribution in [3.05, 3.63) is 11.7 Å². The van der Waals surface area contributed by atoms with Crippen LogP contribution in [0.15, 0.2) is 4.52 Å². The third kappa shape index (κ3) is 3.29. The van der Waals surface area contributed by atoms with Crippen molar-refractivity contribution in [2.45, 2.75) is 32.1 Å². The second-order valence-electron chi connectivity index (χ2n) is 5.71. The van der Waals surface area contributed by atoms with Gasteiger partial charge in [0, 0.05) is 26.1 Å². The first-order valence-electron chi connectivity index (χ1n) is 7.66. The third-order valence-corrected chi connectivity index (χ3v) is 4.21. The number of ether oxygens (including phenoxy) is 2. The zero-order valence-corrected chi connectivity index (χ0v) is 13.0. The molecule has 0 saturated carbocycles. The fourth-order valence-electron chi connectivity index (χ4n) is 2.87. The fourth-order valence-corrected chi connectivity index (χ4v) is 2.87. The molecule has 0 unspecified atom stereocenters. The highest BCUT2D eigenvalue weighted by molar-refractivity contribution is 5.78. The molecule has 8 nitrogen and oxygen atoms in total. The van der Waals surface area contributed by atoms with Crippen molar-refractivity contribution >= 4 is 5.91 Å². The summed E-state index contributed by atoms with van der Waals surface area (Å²) in [6.45, 7) is 5.11. The molecular formula is C14H22N4O4. The Morgan fingerprint density at radius 3 is 3.05 bits per heavy atom. The van der Waals surface area contributed by atoms with E-state index in [2.05, 4.69) is 22.1 Å². The topological polar surface area (TPSA) is 80.9 Å². The smallest absolute Gasteiger partial charge is 0.252 e. The summed E-state index contributed by atoms with van der Waals surface area (Å²) in [5.41, 5.74) is 0. The number of likely N-dealkylation sites (N-methyl/N-ethyl adjacent to an activating group) is 1. The summed E-state index contributed by atoms with van der Waals surface area (Å²) in [5.74, 6) is 1.03. The Balaban J connectivity index is 1.44. The van der Waals surface area contributed by atoms with Crippen LogP contribution in [0.1, 0.15) is 18.6 Å². The minimum absolute atomic E-state index is 0.0208. The summed E-state index contributed by atoms with van der Waals surface area (Å²) in [6.07, 6.45) is 0.831. The fraction of sp³-hybridized carbons (Fsp3) is 0.786. The Morgan fingerprint density at radius 1 is 1.45 bits per heavy atom. The number of amides is 1. The van der Waals surface area contributed by atoms with E-state index in [0.29, 0.717) is 37.3 Å². The van der Waals surface area contributed by atoms with Gasteiger partial charge in [-0.3, -0.25) is 9.69 Å². The van der Waals surface area contributed by atoms with Crippen molar-refractivity contribution in [2.24, 2.45) is 0 Å². The number of hydrogen-bond acceptors (Lipinski definition) is 7. The van der Waals surface area contributed by atoms with Gasteiger partial charge >= 0.3 is 0 Å². The average Bonchev–Trinajstić information content (AvgIpc) is 3.14. The SMILES string of the molecule is CCc1noc(COCC(=O)N2C[C@@H]3OCCN(C)[C@@H]3C2)n1. The summed E-state index contributed by atoms with van der Waals surface area (Å²) in [7, 11) is 2.07. The van der Waals surface area contributed by atoms with E-state index in [1.165, 1.54) is 0 Å². The van der Waals surface area contributed by atoms with E-state index in [0.717, 1.165) is 13.2 Å². The maximum atomic E-state index is 12.2. The molecule has 1 aromatic heterocycles. The molecule has 0 bridgehead atoms. The minimum atomic E-state index is -0.0263. The number of aromatic nitrogens is 2. The number of fused-ring (bicyclic) bond motifs is 1. The highest BCUT2D eigenvalue weighted by atomic mass is 16.5. The molecule has 0 aromatic carbocycles. The lowest BCUT2D eigenvalue weighted by Gasteiger charge is -2.33. The van der Waals surface area contributed by atoms with Crippen LogP contribution in [-0.4, -0.2) is 77.9 Å². The third-order valence-electron chi connectivity index (χ3n) is 4.21. The standard InChI is InChI=1S/C14H22N4O4/c1-3-12-15-13(22-16-12)8-20-9-14(19)18-6-10-11(7-18)21-5-4-17(10)2/h10-11H,3-9H2,1-2H3/t10-,11+/m1/s1. The Bertz CT molecular complexity index is 521. The number of morpholine rings is 1. The summed E-state index contributed by atoms with van der Waals surface area (Å²) >= 11 is 0. The zero-order chi connectivity index (χ0) is 15.5. The Labute approximate surface area is 129 Å². The van der Waals surface area contributed by atoms with Crippen molar-refractivity contribution in [3.63, 3.8) is 0 Å². The van der Waals surface area contributed by atoms with Crippen molar-refractivity contribution in [3.8, 4) is 0 Å². The van der Waals surface area contributed by atoms with Crippen molar-refractivity contribution < 1.29 is 18.8 Å². The summed E-state index contributed by atoms with van der Waals surface area (Å²) in [4.78, 5) is 20.4. The lowest BCUT2D eigenvalue weighted by Crippen LogP contribution is -2.48. The second-order valence-corrected chi connectivity index (χ2v) is 5.71. The molecule has 1 aromatic rings. The molecule has 2 saturated heterocycles. The quantitative estimate of drug-likeness (QED) is 0.738. The molecule has 0 radical (unpaired) electrons. The Hall–Kier alpha value is -1.51. The van der Waals surface area contributed by atoms with Gasteiger partial charge in [-0.25, -0.2) is 0 Å². The van der Waals surface area contributed by atoms with E-state index in [1.807, 2.05) is 11.8 Å². The number of aryl methyl sites for hydroxylation is 1. The molecule has 2 atom stereocenters. The van der Waals surface area contributed by atoms with Crippen LogP contribution in [-0.2, 0) is 27.3 Å². The van der Waals surface area contributed by atoms with Gasteiger partial charge in [-0.2, -0.15) is 4.98 Å². The molecule has 3 rings (SSSR count).